The number of terminal acetylenes is 3. The van der Waals surface area contributed by atoms with E-state index in [2.05, 4.69) is 34.5 Å². The van der Waals surface area contributed by atoms with Crippen LogP contribution >= 0.6 is 11.8 Å². The van der Waals surface area contributed by atoms with Crippen molar-refractivity contribution in [3.05, 3.63) is 36.0 Å². The summed E-state index contributed by atoms with van der Waals surface area (Å²) in [6.45, 7) is 2.85. The number of aliphatic hydroxyl groups excluding tert-OH is 1. The first-order valence-corrected chi connectivity index (χ1v) is 9.49. The van der Waals surface area contributed by atoms with Gasteiger partial charge in [-0.3, -0.25) is 9.78 Å². The number of carbonyl (C=O) groups excluding carboxylic acids is 1. The zero-order chi connectivity index (χ0) is 21.2. The van der Waals surface area contributed by atoms with E-state index in [1.165, 1.54) is 11.8 Å². The third kappa shape index (κ3) is 6.25. The molecular formula is C22H22N2O3S. The Balaban J connectivity index is 0.00000122. The highest BCUT2D eigenvalue weighted by Crippen LogP contribution is 2.23. The average Bonchev–Trinajstić information content (AvgIpc) is 2.71. The quantitative estimate of drug-likeness (QED) is 0.582. The minimum absolute atomic E-state index is 0.368. The number of fused-ring (bicyclic) bond motifs is 1. The van der Waals surface area contributed by atoms with Crippen molar-refractivity contribution in [2.75, 3.05) is 12.9 Å². The highest BCUT2D eigenvalue weighted by molar-refractivity contribution is 7.99. The standard InChI is InChI=1S/C19H18N2O3S.C3H4/c1-5-13-9-14-10-15(7-8-16(14)20-11-13)24-18(25-4)17(23)21-19(3,6-2)12-22;1-3-2/h1-2,7-11,18,22H,12H2,3-4H3,(H,21,23);1H,2H3. The van der Waals surface area contributed by atoms with E-state index in [1.54, 1.807) is 44.5 Å². The Hall–Kier alpha value is -3.11. The Bertz CT molecular complexity index is 953. The molecule has 144 valence electrons. The number of hydrogen-bond donors (Lipinski definition) is 2. The predicted molar refractivity (Wildman–Crippen MR) is 115 cm³/mol. The lowest BCUT2D eigenvalue weighted by atomic mass is 10.1. The second-order valence-corrected chi connectivity index (χ2v) is 6.72. The molecule has 0 aliphatic carbocycles. The number of amides is 1. The van der Waals surface area contributed by atoms with E-state index in [4.69, 9.17) is 17.6 Å². The van der Waals surface area contributed by atoms with Gasteiger partial charge in [0.2, 0.25) is 5.44 Å². The van der Waals surface area contributed by atoms with E-state index in [0.29, 0.717) is 11.3 Å². The summed E-state index contributed by atoms with van der Waals surface area (Å²) in [6, 6.07) is 7.12. The predicted octanol–water partition coefficient (Wildman–Crippen LogP) is 2.42. The number of thioether (sulfide) groups is 1. The third-order valence-electron chi connectivity index (χ3n) is 3.52. The molecule has 1 aromatic heterocycles. The average molecular weight is 394 g/mol. The molecule has 1 aromatic carbocycles. The lowest BCUT2D eigenvalue weighted by Gasteiger charge is -2.25. The van der Waals surface area contributed by atoms with Crippen molar-refractivity contribution < 1.29 is 14.6 Å². The molecule has 2 rings (SSSR count). The highest BCUT2D eigenvalue weighted by Gasteiger charge is 2.28. The van der Waals surface area contributed by atoms with E-state index in [0.717, 1.165) is 10.9 Å². The van der Waals surface area contributed by atoms with Gasteiger partial charge in [0, 0.05) is 17.1 Å². The number of pyridine rings is 1. The molecule has 6 heteroatoms. The first-order valence-electron chi connectivity index (χ1n) is 8.20. The maximum Gasteiger partial charge on any atom is 0.272 e. The fourth-order valence-electron chi connectivity index (χ4n) is 2.05. The first-order chi connectivity index (χ1) is 13.4. The summed E-state index contributed by atoms with van der Waals surface area (Å²) in [5.74, 6) is 7.23. The minimum Gasteiger partial charge on any atom is -0.470 e. The number of ether oxygens (including phenoxy) is 1. The SMILES string of the molecule is C#CC.C#Cc1cnc2ccc(OC(SC)C(=O)NC(C)(C#C)CO)cc2c1. The minimum atomic E-state index is -1.14. The van der Waals surface area contributed by atoms with Crippen molar-refractivity contribution in [1.29, 1.82) is 0 Å². The second kappa shape index (κ2) is 10.9. The largest absolute Gasteiger partial charge is 0.470 e. The van der Waals surface area contributed by atoms with Gasteiger partial charge in [0.25, 0.3) is 5.91 Å². The number of aromatic nitrogens is 1. The zero-order valence-corrected chi connectivity index (χ0v) is 16.8. The number of benzene rings is 1. The first kappa shape index (κ1) is 22.9. The van der Waals surface area contributed by atoms with Crippen LogP contribution in [-0.4, -0.2) is 39.8 Å². The number of carbonyl (C=O) groups is 1. The van der Waals surface area contributed by atoms with Crippen LogP contribution in [0.2, 0.25) is 0 Å². The maximum atomic E-state index is 12.4. The van der Waals surface area contributed by atoms with Crippen molar-refractivity contribution in [3.8, 4) is 42.8 Å². The van der Waals surface area contributed by atoms with Crippen molar-refractivity contribution >= 4 is 28.6 Å². The molecule has 0 bridgehead atoms. The Morgan fingerprint density at radius 3 is 2.61 bits per heavy atom. The van der Waals surface area contributed by atoms with Crippen LogP contribution in [0.25, 0.3) is 10.9 Å². The lowest BCUT2D eigenvalue weighted by Crippen LogP contribution is -2.51. The van der Waals surface area contributed by atoms with Gasteiger partial charge in [0.15, 0.2) is 0 Å². The van der Waals surface area contributed by atoms with Crippen LogP contribution in [-0.2, 0) is 4.79 Å². The summed E-state index contributed by atoms with van der Waals surface area (Å²) in [6.07, 6.45) is 18.7. The van der Waals surface area contributed by atoms with Gasteiger partial charge in [-0.15, -0.1) is 37.0 Å². The molecule has 5 nitrogen and oxygen atoms in total. The van der Waals surface area contributed by atoms with E-state index < -0.39 is 16.9 Å². The van der Waals surface area contributed by atoms with Gasteiger partial charge < -0.3 is 15.2 Å². The molecule has 28 heavy (non-hydrogen) atoms. The molecule has 1 amide bonds. The molecule has 2 N–H and O–H groups in total. The van der Waals surface area contributed by atoms with Crippen LogP contribution < -0.4 is 10.1 Å². The maximum absolute atomic E-state index is 12.4. The van der Waals surface area contributed by atoms with Crippen LogP contribution in [0, 0.1) is 37.0 Å². The van der Waals surface area contributed by atoms with Crippen LogP contribution in [0.5, 0.6) is 5.75 Å². The smallest absolute Gasteiger partial charge is 0.272 e. The lowest BCUT2D eigenvalue weighted by molar-refractivity contribution is -0.126. The van der Waals surface area contributed by atoms with E-state index in [9.17, 15) is 9.90 Å². The molecule has 2 aromatic rings. The topological polar surface area (TPSA) is 71.5 Å². The molecule has 2 unspecified atom stereocenters. The van der Waals surface area contributed by atoms with Crippen LogP contribution in [0.15, 0.2) is 30.5 Å². The highest BCUT2D eigenvalue weighted by atomic mass is 32.2. The van der Waals surface area contributed by atoms with Gasteiger partial charge in [0.1, 0.15) is 11.3 Å². The van der Waals surface area contributed by atoms with Crippen LogP contribution in [0.1, 0.15) is 19.4 Å². The van der Waals surface area contributed by atoms with Crippen molar-refractivity contribution in [3.63, 3.8) is 0 Å². The zero-order valence-electron chi connectivity index (χ0n) is 16.0. The summed E-state index contributed by atoms with van der Waals surface area (Å²) in [7, 11) is 0. The Kier molecular flexibility index (Phi) is 8.93. The summed E-state index contributed by atoms with van der Waals surface area (Å²) in [5, 5.41) is 12.7. The molecule has 0 aliphatic heterocycles. The molecule has 0 saturated heterocycles. The van der Waals surface area contributed by atoms with Gasteiger partial charge in [-0.2, -0.15) is 0 Å². The van der Waals surface area contributed by atoms with Gasteiger partial charge in [0.05, 0.1) is 12.1 Å². The number of nitrogens with zero attached hydrogens (tertiary/aromatic N) is 1. The van der Waals surface area contributed by atoms with Crippen molar-refractivity contribution in [2.45, 2.75) is 24.8 Å². The second-order valence-electron chi connectivity index (χ2n) is 5.82. The molecule has 0 radical (unpaired) electrons. The van der Waals surface area contributed by atoms with E-state index >= 15 is 0 Å². The number of rotatable bonds is 6. The molecular weight excluding hydrogens is 372 g/mol. The molecule has 0 fully saturated rings. The summed E-state index contributed by atoms with van der Waals surface area (Å²) in [4.78, 5) is 16.6. The molecule has 0 aliphatic rings. The fourth-order valence-corrected chi connectivity index (χ4v) is 2.53. The normalized spacial score (nSPS) is 12.8. The molecule has 1 heterocycles. The number of hydrogen-bond acceptors (Lipinski definition) is 5. The van der Waals surface area contributed by atoms with E-state index in [-0.39, 0.29) is 6.61 Å². The van der Waals surface area contributed by atoms with Crippen molar-refractivity contribution in [2.24, 2.45) is 0 Å². The Morgan fingerprint density at radius 1 is 1.39 bits per heavy atom. The monoisotopic (exact) mass is 394 g/mol. The van der Waals surface area contributed by atoms with Crippen LogP contribution in [0.4, 0.5) is 0 Å². The van der Waals surface area contributed by atoms with Crippen LogP contribution in [0.3, 0.4) is 0 Å². The van der Waals surface area contributed by atoms with Gasteiger partial charge >= 0.3 is 0 Å². The number of aliphatic hydroxyl groups is 1. The Morgan fingerprint density at radius 2 is 2.07 bits per heavy atom. The molecule has 2 atom stereocenters. The number of nitrogens with one attached hydrogen (secondary N) is 1. The van der Waals surface area contributed by atoms with Gasteiger partial charge in [-0.25, -0.2) is 0 Å². The van der Waals surface area contributed by atoms with Gasteiger partial charge in [-0.05, 0) is 44.4 Å². The summed E-state index contributed by atoms with van der Waals surface area (Å²) in [5.41, 5.74) is -0.516. The molecule has 0 spiro atoms. The third-order valence-corrected chi connectivity index (χ3v) is 4.26. The Labute approximate surface area is 170 Å². The molecule has 0 saturated carbocycles. The van der Waals surface area contributed by atoms with Gasteiger partial charge in [-0.1, -0.05) is 11.8 Å². The summed E-state index contributed by atoms with van der Waals surface area (Å²) >= 11 is 1.22. The van der Waals surface area contributed by atoms with Crippen molar-refractivity contribution in [1.82, 2.24) is 10.3 Å². The summed E-state index contributed by atoms with van der Waals surface area (Å²) < 4.78 is 5.76. The van der Waals surface area contributed by atoms with E-state index in [1.807, 2.05) is 6.07 Å². The fraction of sp³-hybridized carbons (Fsp3) is 0.273.